The average Bonchev–Trinajstić information content (AvgIpc) is 2.19. The molecule has 1 aromatic rings. The topological polar surface area (TPSA) is 72.0 Å². The van der Waals surface area contributed by atoms with Gasteiger partial charge >= 0.3 is 0 Å². The second-order valence-corrected chi connectivity index (χ2v) is 3.76. The molecule has 0 aliphatic heterocycles. The average molecular weight is 211 g/mol. The van der Waals surface area contributed by atoms with E-state index in [1.54, 1.807) is 31.1 Å². The van der Waals surface area contributed by atoms with Gasteiger partial charge in [0.1, 0.15) is 5.84 Å². The lowest BCUT2D eigenvalue weighted by molar-refractivity contribution is 0.218. The van der Waals surface area contributed by atoms with E-state index in [9.17, 15) is 0 Å². The van der Waals surface area contributed by atoms with Gasteiger partial charge < -0.3 is 10.5 Å². The second-order valence-electron chi connectivity index (χ2n) is 2.64. The van der Waals surface area contributed by atoms with Crippen LogP contribution in [-0.4, -0.2) is 30.3 Å². The van der Waals surface area contributed by atoms with E-state index in [0.29, 0.717) is 12.2 Å². The Balaban J connectivity index is 2.51. The van der Waals surface area contributed by atoms with E-state index < -0.39 is 0 Å². The molecule has 0 amide bonds. The number of pyridine rings is 1. The summed E-state index contributed by atoms with van der Waals surface area (Å²) in [6.07, 6.45) is 1.61. The molecule has 4 nitrogen and oxygen atoms in total. The first kappa shape index (κ1) is 11.0. The van der Waals surface area contributed by atoms with Crippen molar-refractivity contribution in [3.05, 3.63) is 23.9 Å². The molecule has 76 valence electrons. The van der Waals surface area contributed by atoms with Crippen molar-refractivity contribution < 1.29 is 4.74 Å². The molecule has 0 aliphatic rings. The summed E-state index contributed by atoms with van der Waals surface area (Å²) in [5, 5.41) is 8.11. The second kappa shape index (κ2) is 5.62. The molecule has 0 saturated heterocycles. The van der Waals surface area contributed by atoms with Gasteiger partial charge in [-0.1, -0.05) is 0 Å². The predicted molar refractivity (Wildman–Crippen MR) is 57.9 cm³/mol. The molecular formula is C9H13N3OS. The minimum absolute atomic E-state index is 0.0472. The van der Waals surface area contributed by atoms with Crippen LogP contribution in [0.4, 0.5) is 0 Å². The van der Waals surface area contributed by atoms with Crippen molar-refractivity contribution >= 4 is 17.6 Å². The van der Waals surface area contributed by atoms with Gasteiger partial charge in [-0.2, -0.15) is 0 Å². The highest BCUT2D eigenvalue weighted by Crippen LogP contribution is 2.14. The molecule has 0 bridgehead atoms. The number of thioether (sulfide) groups is 1. The number of nitrogens with zero attached hydrogens (tertiary/aromatic N) is 1. The normalized spacial score (nSPS) is 10.1. The fourth-order valence-electron chi connectivity index (χ4n) is 0.855. The third-order valence-electron chi connectivity index (χ3n) is 1.58. The Bertz CT molecular complexity index is 299. The van der Waals surface area contributed by atoms with E-state index in [2.05, 4.69) is 4.98 Å². The van der Waals surface area contributed by atoms with Gasteiger partial charge in [-0.3, -0.25) is 5.41 Å². The molecule has 0 fully saturated rings. The van der Waals surface area contributed by atoms with E-state index >= 15 is 0 Å². The number of hydrogen-bond donors (Lipinski definition) is 2. The molecule has 3 N–H and O–H groups in total. The fraction of sp³-hybridized carbons (Fsp3) is 0.333. The molecule has 0 aliphatic carbocycles. The molecule has 1 aromatic heterocycles. The van der Waals surface area contributed by atoms with Crippen molar-refractivity contribution in [2.24, 2.45) is 5.73 Å². The molecular weight excluding hydrogens is 198 g/mol. The molecule has 0 spiro atoms. The standard InChI is InChI=1S/C9H13N3OS/c1-13-4-5-14-8-3-2-7(6-12-8)9(10)11/h2-3,6H,4-5H2,1H3,(H3,10,11). The first-order valence-electron chi connectivity index (χ1n) is 4.16. The highest BCUT2D eigenvalue weighted by molar-refractivity contribution is 7.99. The van der Waals surface area contributed by atoms with Gasteiger partial charge in [-0.05, 0) is 12.1 Å². The monoisotopic (exact) mass is 211 g/mol. The molecule has 0 unspecified atom stereocenters. The maximum Gasteiger partial charge on any atom is 0.124 e. The minimum Gasteiger partial charge on any atom is -0.384 e. The Morgan fingerprint density at radius 2 is 2.43 bits per heavy atom. The molecule has 1 heterocycles. The maximum atomic E-state index is 7.18. The molecule has 0 aromatic carbocycles. The van der Waals surface area contributed by atoms with Crippen LogP contribution in [0.3, 0.4) is 0 Å². The summed E-state index contributed by atoms with van der Waals surface area (Å²) in [6.45, 7) is 0.709. The number of aromatic nitrogens is 1. The fourth-order valence-corrected chi connectivity index (χ4v) is 1.61. The quantitative estimate of drug-likeness (QED) is 0.331. The number of nitrogens with two attached hydrogens (primary N) is 1. The number of nitrogens with one attached hydrogen (secondary N) is 1. The summed E-state index contributed by atoms with van der Waals surface area (Å²) >= 11 is 1.62. The van der Waals surface area contributed by atoms with Crippen molar-refractivity contribution in [3.8, 4) is 0 Å². The predicted octanol–water partition coefficient (Wildman–Crippen LogP) is 1.10. The summed E-state index contributed by atoms with van der Waals surface area (Å²) in [5.74, 6) is 0.925. The zero-order valence-electron chi connectivity index (χ0n) is 7.99. The van der Waals surface area contributed by atoms with Crippen LogP contribution in [0.2, 0.25) is 0 Å². The lowest BCUT2D eigenvalue weighted by atomic mass is 10.3. The van der Waals surface area contributed by atoms with Gasteiger partial charge in [0.15, 0.2) is 0 Å². The van der Waals surface area contributed by atoms with Crippen molar-refractivity contribution in [2.75, 3.05) is 19.5 Å². The van der Waals surface area contributed by atoms with Crippen LogP contribution in [0.1, 0.15) is 5.56 Å². The van der Waals surface area contributed by atoms with Gasteiger partial charge in [0, 0.05) is 24.6 Å². The Labute approximate surface area is 87.4 Å². The Morgan fingerprint density at radius 3 is 2.93 bits per heavy atom. The van der Waals surface area contributed by atoms with Gasteiger partial charge in [-0.25, -0.2) is 4.98 Å². The molecule has 1 rings (SSSR count). The molecule has 5 heteroatoms. The van der Waals surface area contributed by atoms with Crippen molar-refractivity contribution in [1.82, 2.24) is 4.98 Å². The number of methoxy groups -OCH3 is 1. The van der Waals surface area contributed by atoms with Crippen LogP contribution in [0, 0.1) is 5.41 Å². The first-order chi connectivity index (χ1) is 6.74. The first-order valence-corrected chi connectivity index (χ1v) is 5.15. The molecule has 0 saturated carbocycles. The van der Waals surface area contributed by atoms with Gasteiger partial charge in [0.05, 0.1) is 11.6 Å². The third kappa shape index (κ3) is 3.35. The Kier molecular flexibility index (Phi) is 4.42. The number of ether oxygens (including phenoxy) is 1. The summed E-state index contributed by atoms with van der Waals surface area (Å²) < 4.78 is 4.92. The van der Waals surface area contributed by atoms with E-state index in [1.807, 2.05) is 6.07 Å². The number of hydrogen-bond acceptors (Lipinski definition) is 4. The van der Waals surface area contributed by atoms with E-state index in [4.69, 9.17) is 15.9 Å². The van der Waals surface area contributed by atoms with Gasteiger partial charge in [0.25, 0.3) is 0 Å². The largest absolute Gasteiger partial charge is 0.384 e. The van der Waals surface area contributed by atoms with E-state index in [-0.39, 0.29) is 5.84 Å². The number of nitrogen functional groups attached to an aromatic ring is 1. The number of amidine groups is 1. The van der Waals surface area contributed by atoms with Crippen molar-refractivity contribution in [1.29, 1.82) is 5.41 Å². The SMILES string of the molecule is COCCSc1ccc(C(=N)N)cn1. The van der Waals surface area contributed by atoms with Gasteiger partial charge in [0.2, 0.25) is 0 Å². The maximum absolute atomic E-state index is 7.18. The molecule has 0 atom stereocenters. The van der Waals surface area contributed by atoms with E-state index in [1.165, 1.54) is 0 Å². The Hall–Kier alpha value is -1.07. The van der Waals surface area contributed by atoms with E-state index in [0.717, 1.165) is 10.8 Å². The summed E-state index contributed by atoms with van der Waals surface area (Å²) in [4.78, 5) is 4.16. The third-order valence-corrected chi connectivity index (χ3v) is 2.49. The highest BCUT2D eigenvalue weighted by atomic mass is 32.2. The van der Waals surface area contributed by atoms with Crippen LogP contribution in [0.5, 0.6) is 0 Å². The summed E-state index contributed by atoms with van der Waals surface area (Å²) in [7, 11) is 1.67. The van der Waals surface area contributed by atoms with Crippen molar-refractivity contribution in [3.63, 3.8) is 0 Å². The Morgan fingerprint density at radius 1 is 1.64 bits per heavy atom. The van der Waals surface area contributed by atoms with Crippen LogP contribution in [0.15, 0.2) is 23.4 Å². The lowest BCUT2D eigenvalue weighted by Gasteiger charge is -2.01. The van der Waals surface area contributed by atoms with Crippen LogP contribution in [0.25, 0.3) is 0 Å². The summed E-state index contributed by atoms with van der Waals surface area (Å²) in [6, 6.07) is 3.65. The lowest BCUT2D eigenvalue weighted by Crippen LogP contribution is -2.11. The zero-order chi connectivity index (χ0) is 10.4. The van der Waals surface area contributed by atoms with Gasteiger partial charge in [-0.15, -0.1) is 11.8 Å². The van der Waals surface area contributed by atoms with Crippen LogP contribution in [-0.2, 0) is 4.74 Å². The molecule has 0 radical (unpaired) electrons. The van der Waals surface area contributed by atoms with Crippen LogP contribution >= 0.6 is 11.8 Å². The number of rotatable bonds is 5. The van der Waals surface area contributed by atoms with Crippen molar-refractivity contribution in [2.45, 2.75) is 5.03 Å². The molecule has 14 heavy (non-hydrogen) atoms. The highest BCUT2D eigenvalue weighted by Gasteiger charge is 1.98. The minimum atomic E-state index is 0.0472. The summed E-state index contributed by atoms with van der Waals surface area (Å²) in [5.41, 5.74) is 5.96. The van der Waals surface area contributed by atoms with Crippen LogP contribution < -0.4 is 5.73 Å². The zero-order valence-corrected chi connectivity index (χ0v) is 8.80. The smallest absolute Gasteiger partial charge is 0.124 e.